The molecule has 1 N–H and O–H groups in total. The second-order valence-electron chi connectivity index (χ2n) is 8.34. The zero-order valence-electron chi connectivity index (χ0n) is 20.5. The van der Waals surface area contributed by atoms with E-state index in [4.69, 9.17) is 21.1 Å². The van der Waals surface area contributed by atoms with Gasteiger partial charge in [-0.2, -0.15) is 13.2 Å². The van der Waals surface area contributed by atoms with Crippen LogP contribution in [-0.2, 0) is 15.8 Å². The highest BCUT2D eigenvalue weighted by Crippen LogP contribution is 2.40. The Bertz CT molecular complexity index is 1600. The van der Waals surface area contributed by atoms with E-state index in [1.807, 2.05) is 0 Å². The van der Waals surface area contributed by atoms with Gasteiger partial charge in [0.25, 0.3) is 11.8 Å². The number of carbonyl (C=O) groups is 3. The Morgan fingerprint density at radius 2 is 1.70 bits per heavy atom. The van der Waals surface area contributed by atoms with E-state index >= 15 is 0 Å². The predicted octanol–water partition coefficient (Wildman–Crippen LogP) is 6.04. The fourth-order valence-electron chi connectivity index (χ4n) is 3.68. The number of benzene rings is 3. The van der Waals surface area contributed by atoms with E-state index in [0.717, 1.165) is 11.0 Å². The first-order chi connectivity index (χ1) is 18.8. The lowest BCUT2D eigenvalue weighted by molar-refractivity contribution is -0.385. The molecule has 3 aromatic rings. The van der Waals surface area contributed by atoms with Crippen LogP contribution in [-0.4, -0.2) is 29.9 Å². The van der Waals surface area contributed by atoms with E-state index in [2.05, 4.69) is 5.32 Å². The number of rotatable bonds is 6. The molecule has 0 aromatic heterocycles. The van der Waals surface area contributed by atoms with Crippen molar-refractivity contribution in [3.63, 3.8) is 0 Å². The van der Waals surface area contributed by atoms with Gasteiger partial charge in [0.2, 0.25) is 5.75 Å². The third-order valence-electron chi connectivity index (χ3n) is 5.72. The molecule has 0 spiro atoms. The molecule has 4 rings (SSSR count). The maximum atomic E-state index is 13.1. The van der Waals surface area contributed by atoms with Crippen LogP contribution in [0.15, 0.2) is 60.2 Å². The van der Waals surface area contributed by atoms with Crippen molar-refractivity contribution in [2.24, 2.45) is 0 Å². The van der Waals surface area contributed by atoms with E-state index in [-0.39, 0.29) is 22.7 Å². The van der Waals surface area contributed by atoms with Crippen LogP contribution in [0.25, 0.3) is 6.08 Å². The molecule has 0 aliphatic carbocycles. The fourth-order valence-corrected chi connectivity index (χ4v) is 3.85. The van der Waals surface area contributed by atoms with Gasteiger partial charge in [0.1, 0.15) is 5.57 Å². The van der Waals surface area contributed by atoms with Gasteiger partial charge in [0.05, 0.1) is 23.3 Å². The van der Waals surface area contributed by atoms with E-state index in [1.165, 1.54) is 43.5 Å². The summed E-state index contributed by atoms with van der Waals surface area (Å²) >= 11 is 6.12. The number of hydrogen-bond acceptors (Lipinski definition) is 7. The Labute approximate surface area is 228 Å². The number of imide groups is 2. The molecule has 1 aliphatic heterocycles. The van der Waals surface area contributed by atoms with Crippen molar-refractivity contribution in [3.05, 3.63) is 92.0 Å². The minimum Gasteiger partial charge on any atom is -0.493 e. The number of nitrogens with zero attached hydrogens (tertiary/aromatic N) is 2. The lowest BCUT2D eigenvalue weighted by atomic mass is 10.1. The van der Waals surface area contributed by atoms with Crippen LogP contribution in [0.3, 0.4) is 0 Å². The van der Waals surface area contributed by atoms with Gasteiger partial charge in [-0.1, -0.05) is 23.7 Å². The number of barbiturate groups is 1. The van der Waals surface area contributed by atoms with Crippen molar-refractivity contribution < 1.29 is 42.0 Å². The molecule has 0 radical (unpaired) electrons. The summed E-state index contributed by atoms with van der Waals surface area (Å²) in [5, 5.41) is 13.8. The van der Waals surface area contributed by atoms with Gasteiger partial charge in [-0.3, -0.25) is 25.0 Å². The monoisotopic (exact) mass is 575 g/mol. The van der Waals surface area contributed by atoms with Crippen LogP contribution < -0.4 is 19.7 Å². The molecule has 0 unspecified atom stereocenters. The number of nitro benzene ring substituents is 1. The summed E-state index contributed by atoms with van der Waals surface area (Å²) < 4.78 is 49.8. The quantitative estimate of drug-likeness (QED) is 0.164. The summed E-state index contributed by atoms with van der Waals surface area (Å²) in [6.45, 7) is 1.73. The molecule has 0 saturated carbocycles. The molecule has 1 fully saturated rings. The second-order valence-corrected chi connectivity index (χ2v) is 8.75. The number of halogens is 4. The summed E-state index contributed by atoms with van der Waals surface area (Å²) in [4.78, 5) is 49.2. The maximum Gasteiger partial charge on any atom is 0.416 e. The highest BCUT2D eigenvalue weighted by molar-refractivity contribution is 6.39. The van der Waals surface area contributed by atoms with Crippen LogP contribution in [0.4, 0.5) is 29.3 Å². The highest BCUT2D eigenvalue weighted by atomic mass is 35.5. The Hall–Kier alpha value is -4.91. The maximum absolute atomic E-state index is 13.1. The van der Waals surface area contributed by atoms with Gasteiger partial charge < -0.3 is 9.47 Å². The minimum atomic E-state index is -4.80. The number of alkyl halides is 3. The van der Waals surface area contributed by atoms with E-state index in [1.54, 1.807) is 13.0 Å². The van der Waals surface area contributed by atoms with Crippen molar-refractivity contribution in [1.29, 1.82) is 0 Å². The largest absolute Gasteiger partial charge is 0.493 e. The molecule has 14 heteroatoms. The molecule has 4 amide bonds. The number of amides is 4. The lowest BCUT2D eigenvalue weighted by Crippen LogP contribution is -2.54. The normalized spacial score (nSPS) is 14.8. The number of methoxy groups -OCH3 is 1. The smallest absolute Gasteiger partial charge is 0.416 e. The number of anilines is 1. The number of nitro groups is 1. The van der Waals surface area contributed by atoms with Gasteiger partial charge >= 0.3 is 17.9 Å². The van der Waals surface area contributed by atoms with Gasteiger partial charge in [0, 0.05) is 11.1 Å². The molecule has 0 atom stereocenters. The number of hydrogen-bond donors (Lipinski definition) is 1. The molecular formula is C26H17ClF3N3O7. The number of urea groups is 1. The Morgan fingerprint density at radius 3 is 2.33 bits per heavy atom. The lowest BCUT2D eigenvalue weighted by Gasteiger charge is -2.26. The van der Waals surface area contributed by atoms with Crippen molar-refractivity contribution in [1.82, 2.24) is 5.32 Å². The SMILES string of the molecule is COc1cc(/C=C2\C(=O)NC(=O)N(c3ccc(C)c(Cl)c3)C2=O)ccc1Oc1ccc(C(F)(F)F)cc1[N+](=O)[O-]. The molecule has 1 aliphatic rings. The first-order valence-corrected chi connectivity index (χ1v) is 11.6. The molecule has 3 aromatic carbocycles. The van der Waals surface area contributed by atoms with Crippen LogP contribution in [0.2, 0.25) is 5.02 Å². The van der Waals surface area contributed by atoms with Gasteiger partial charge in [-0.05, 0) is 60.5 Å². The van der Waals surface area contributed by atoms with E-state index in [9.17, 15) is 37.7 Å². The van der Waals surface area contributed by atoms with Gasteiger partial charge in [0.15, 0.2) is 11.5 Å². The molecular weight excluding hydrogens is 559 g/mol. The second kappa shape index (κ2) is 10.7. The van der Waals surface area contributed by atoms with Gasteiger partial charge in [-0.15, -0.1) is 0 Å². The summed E-state index contributed by atoms with van der Waals surface area (Å²) in [6, 6.07) is 9.28. The van der Waals surface area contributed by atoms with Crippen molar-refractivity contribution in [3.8, 4) is 17.2 Å². The third kappa shape index (κ3) is 5.59. The minimum absolute atomic E-state index is 0.0227. The van der Waals surface area contributed by atoms with Crippen molar-refractivity contribution >= 4 is 46.9 Å². The number of ether oxygens (including phenoxy) is 2. The molecule has 10 nitrogen and oxygen atoms in total. The van der Waals surface area contributed by atoms with Gasteiger partial charge in [-0.25, -0.2) is 9.69 Å². The summed E-state index contributed by atoms with van der Waals surface area (Å²) in [5.74, 6) is -2.48. The molecule has 1 heterocycles. The van der Waals surface area contributed by atoms with Crippen molar-refractivity contribution in [2.45, 2.75) is 13.1 Å². The Kier molecular flexibility index (Phi) is 7.51. The highest BCUT2D eigenvalue weighted by Gasteiger charge is 2.37. The van der Waals surface area contributed by atoms with E-state index < -0.39 is 51.5 Å². The first kappa shape index (κ1) is 28.1. The number of aryl methyl sites for hydroxylation is 1. The van der Waals surface area contributed by atoms with E-state index in [0.29, 0.717) is 22.7 Å². The van der Waals surface area contributed by atoms with Crippen LogP contribution >= 0.6 is 11.6 Å². The molecule has 0 bridgehead atoms. The average molecular weight is 576 g/mol. The van der Waals surface area contributed by atoms with Crippen LogP contribution in [0.1, 0.15) is 16.7 Å². The number of nitrogens with one attached hydrogen (secondary N) is 1. The van der Waals surface area contributed by atoms with Crippen LogP contribution in [0.5, 0.6) is 17.2 Å². The standard InChI is InChI=1S/C26H17ClF3N3O7/c1-13-3-6-16(12-18(13)27)32-24(35)17(23(34)31-25(32)36)9-14-4-7-21(22(10-14)39-2)40-20-8-5-15(26(28,29)30)11-19(20)33(37)38/h3-12H,1-2H3,(H,31,34,36)/b17-9+. The topological polar surface area (TPSA) is 128 Å². The van der Waals surface area contributed by atoms with Crippen LogP contribution in [0, 0.1) is 17.0 Å². The fraction of sp³-hybridized carbons (Fsp3) is 0.115. The average Bonchev–Trinajstić information content (AvgIpc) is 2.88. The van der Waals surface area contributed by atoms with Crippen molar-refractivity contribution in [2.75, 3.05) is 12.0 Å². The summed E-state index contributed by atoms with van der Waals surface area (Å²) in [7, 11) is 1.24. The number of carbonyl (C=O) groups excluding carboxylic acids is 3. The molecule has 40 heavy (non-hydrogen) atoms. The summed E-state index contributed by atoms with van der Waals surface area (Å²) in [5.41, 5.74) is -1.47. The zero-order valence-corrected chi connectivity index (χ0v) is 21.3. The third-order valence-corrected chi connectivity index (χ3v) is 6.12. The Morgan fingerprint density at radius 1 is 1.00 bits per heavy atom. The first-order valence-electron chi connectivity index (χ1n) is 11.2. The Balaban J connectivity index is 1.67. The molecule has 1 saturated heterocycles. The molecule has 206 valence electrons. The summed E-state index contributed by atoms with van der Waals surface area (Å²) in [6.07, 6.45) is -3.62. The zero-order chi connectivity index (χ0) is 29.4. The predicted molar refractivity (Wildman–Crippen MR) is 136 cm³/mol.